The van der Waals surface area contributed by atoms with E-state index < -0.39 is 0 Å². The van der Waals surface area contributed by atoms with Crippen molar-refractivity contribution in [3.05, 3.63) is 59.4 Å². The lowest BCUT2D eigenvalue weighted by molar-refractivity contribution is -0.134. The smallest absolute Gasteiger partial charge is 0.409 e. The second kappa shape index (κ2) is 10.3. The van der Waals surface area contributed by atoms with Gasteiger partial charge in [-0.15, -0.1) is 0 Å². The lowest BCUT2D eigenvalue weighted by Gasteiger charge is -2.33. The van der Waals surface area contributed by atoms with Crippen LogP contribution in [0, 0.1) is 0 Å². The Kier molecular flexibility index (Phi) is 7.01. The third-order valence-electron chi connectivity index (χ3n) is 5.55. The van der Waals surface area contributed by atoms with Crippen molar-refractivity contribution < 1.29 is 33.3 Å². The average Bonchev–Trinajstić information content (AvgIpc) is 3.17. The summed E-state index contributed by atoms with van der Waals surface area (Å²) in [6.07, 6.45) is 1.29. The van der Waals surface area contributed by atoms with E-state index in [0.29, 0.717) is 55.6 Å². The van der Waals surface area contributed by atoms with Crippen LogP contribution in [0.3, 0.4) is 0 Å². The van der Waals surface area contributed by atoms with Crippen molar-refractivity contribution in [3.8, 4) is 17.2 Å². The summed E-state index contributed by atoms with van der Waals surface area (Å²) in [4.78, 5) is 40.2. The molecule has 2 aliphatic rings. The fraction of sp³-hybridized carbons (Fsp3) is 0.320. The van der Waals surface area contributed by atoms with E-state index in [1.54, 1.807) is 54.2 Å². The molecule has 0 saturated carbocycles. The van der Waals surface area contributed by atoms with E-state index in [1.165, 1.54) is 0 Å². The maximum absolute atomic E-state index is 12.7. The van der Waals surface area contributed by atoms with Gasteiger partial charge in [-0.25, -0.2) is 4.79 Å². The number of amides is 2. The first-order chi connectivity index (χ1) is 16.5. The zero-order chi connectivity index (χ0) is 24.1. The van der Waals surface area contributed by atoms with Crippen molar-refractivity contribution >= 4 is 23.9 Å². The van der Waals surface area contributed by atoms with E-state index in [1.807, 2.05) is 18.2 Å². The van der Waals surface area contributed by atoms with Crippen LogP contribution in [0.1, 0.15) is 22.8 Å². The summed E-state index contributed by atoms with van der Waals surface area (Å²) in [6.45, 7) is 3.59. The number of hydrogen-bond donors (Lipinski definition) is 0. The Morgan fingerprint density at radius 3 is 2.53 bits per heavy atom. The molecule has 1 saturated heterocycles. The van der Waals surface area contributed by atoms with Crippen LogP contribution in [0.25, 0.3) is 6.08 Å². The summed E-state index contributed by atoms with van der Waals surface area (Å²) >= 11 is 0. The van der Waals surface area contributed by atoms with Gasteiger partial charge >= 0.3 is 6.09 Å². The number of piperazine rings is 1. The normalized spacial score (nSPS) is 16.2. The molecule has 0 radical (unpaired) electrons. The van der Waals surface area contributed by atoms with Crippen molar-refractivity contribution in [2.75, 3.05) is 46.5 Å². The van der Waals surface area contributed by atoms with Crippen molar-refractivity contribution in [1.29, 1.82) is 0 Å². The monoisotopic (exact) mass is 466 g/mol. The van der Waals surface area contributed by atoms with Gasteiger partial charge in [0.15, 0.2) is 12.4 Å². The van der Waals surface area contributed by atoms with Crippen LogP contribution in [0.5, 0.6) is 17.2 Å². The molecule has 0 N–H and O–H groups in total. The zero-order valence-electron chi connectivity index (χ0n) is 19.1. The van der Waals surface area contributed by atoms with Gasteiger partial charge in [0.25, 0.3) is 5.91 Å². The Bertz CT molecular complexity index is 1120. The standard InChI is InChI=1S/C25H26N2O7/c1-3-32-25(30)27-11-9-26(10-12-27)23(28)16-33-19-7-8-20-21(15-19)34-22(24(20)29)14-17-5-4-6-18(13-17)31-2/h4-8,13-15H,3,9-12,16H2,1-2H3. The molecule has 0 bridgehead atoms. The molecule has 178 valence electrons. The lowest BCUT2D eigenvalue weighted by Crippen LogP contribution is -2.51. The van der Waals surface area contributed by atoms with Gasteiger partial charge in [0.05, 0.1) is 19.3 Å². The van der Waals surface area contributed by atoms with Crippen molar-refractivity contribution in [2.24, 2.45) is 0 Å². The van der Waals surface area contributed by atoms with E-state index in [4.69, 9.17) is 18.9 Å². The summed E-state index contributed by atoms with van der Waals surface area (Å²) in [7, 11) is 1.58. The molecular formula is C25H26N2O7. The molecule has 9 heteroatoms. The molecule has 0 unspecified atom stereocenters. The van der Waals surface area contributed by atoms with Crippen molar-refractivity contribution in [1.82, 2.24) is 9.80 Å². The molecular weight excluding hydrogens is 440 g/mol. The summed E-state index contributed by atoms with van der Waals surface area (Å²) in [5.74, 6) is 1.29. The number of ether oxygens (including phenoxy) is 4. The first kappa shape index (κ1) is 23.2. The predicted molar refractivity (Wildman–Crippen MR) is 123 cm³/mol. The molecule has 2 aliphatic heterocycles. The maximum atomic E-state index is 12.7. The molecule has 0 aliphatic carbocycles. The third-order valence-corrected chi connectivity index (χ3v) is 5.55. The minimum absolute atomic E-state index is 0.154. The Morgan fingerprint density at radius 2 is 1.79 bits per heavy atom. The zero-order valence-corrected chi connectivity index (χ0v) is 19.1. The molecule has 0 spiro atoms. The van der Waals surface area contributed by atoms with Crippen LogP contribution >= 0.6 is 0 Å². The summed E-state index contributed by atoms with van der Waals surface area (Å²) in [5.41, 5.74) is 1.21. The fourth-order valence-electron chi connectivity index (χ4n) is 3.73. The highest BCUT2D eigenvalue weighted by atomic mass is 16.6. The van der Waals surface area contributed by atoms with E-state index in [-0.39, 0.29) is 30.1 Å². The summed E-state index contributed by atoms with van der Waals surface area (Å²) in [5, 5.41) is 0. The quantitative estimate of drug-likeness (QED) is 0.604. The molecule has 2 heterocycles. The number of Topliss-reactive ketones (excluding diaryl/α,β-unsaturated/α-hetero) is 1. The molecule has 0 aromatic heterocycles. The number of benzene rings is 2. The predicted octanol–water partition coefficient (Wildman–Crippen LogP) is 2.99. The van der Waals surface area contributed by atoms with Gasteiger partial charge in [-0.2, -0.15) is 0 Å². The van der Waals surface area contributed by atoms with Gasteiger partial charge in [0.2, 0.25) is 5.78 Å². The molecule has 1 fully saturated rings. The van der Waals surface area contributed by atoms with Gasteiger partial charge in [0, 0.05) is 32.2 Å². The molecule has 0 atom stereocenters. The Hall–Kier alpha value is -4.01. The molecule has 4 rings (SSSR count). The van der Waals surface area contributed by atoms with Gasteiger partial charge in [-0.05, 0) is 42.8 Å². The largest absolute Gasteiger partial charge is 0.497 e. The van der Waals surface area contributed by atoms with Gasteiger partial charge in [-0.1, -0.05) is 12.1 Å². The number of carbonyl (C=O) groups excluding carboxylic acids is 3. The van der Waals surface area contributed by atoms with Crippen molar-refractivity contribution in [3.63, 3.8) is 0 Å². The number of fused-ring (bicyclic) bond motifs is 1. The number of methoxy groups -OCH3 is 1. The van der Waals surface area contributed by atoms with E-state index in [0.717, 1.165) is 5.56 Å². The molecule has 2 aromatic rings. The second-order valence-corrected chi connectivity index (χ2v) is 7.73. The number of allylic oxidation sites excluding steroid dienone is 1. The van der Waals surface area contributed by atoms with Gasteiger partial charge in [0.1, 0.15) is 17.2 Å². The summed E-state index contributed by atoms with van der Waals surface area (Å²) in [6, 6.07) is 12.2. The Labute approximate surface area is 197 Å². The minimum Gasteiger partial charge on any atom is -0.497 e. The first-order valence-electron chi connectivity index (χ1n) is 11.0. The summed E-state index contributed by atoms with van der Waals surface area (Å²) < 4.78 is 21.6. The Balaban J connectivity index is 1.34. The Morgan fingerprint density at radius 1 is 1.03 bits per heavy atom. The van der Waals surface area contributed by atoms with Crippen LogP contribution in [-0.2, 0) is 9.53 Å². The number of rotatable bonds is 6. The van der Waals surface area contributed by atoms with Gasteiger partial charge < -0.3 is 28.7 Å². The number of hydrogen-bond acceptors (Lipinski definition) is 7. The molecule has 2 amide bonds. The van der Waals surface area contributed by atoms with Crippen LogP contribution in [0.4, 0.5) is 4.79 Å². The topological polar surface area (TPSA) is 94.6 Å². The highest BCUT2D eigenvalue weighted by Gasteiger charge is 2.28. The first-order valence-corrected chi connectivity index (χ1v) is 11.0. The van der Waals surface area contributed by atoms with Crippen LogP contribution in [0.15, 0.2) is 48.2 Å². The van der Waals surface area contributed by atoms with E-state index >= 15 is 0 Å². The van der Waals surface area contributed by atoms with Crippen molar-refractivity contribution in [2.45, 2.75) is 6.92 Å². The second-order valence-electron chi connectivity index (χ2n) is 7.73. The highest BCUT2D eigenvalue weighted by Crippen LogP contribution is 2.35. The van der Waals surface area contributed by atoms with Crippen LogP contribution in [0.2, 0.25) is 0 Å². The molecule has 2 aromatic carbocycles. The SMILES string of the molecule is CCOC(=O)N1CCN(C(=O)COc2ccc3c(c2)OC(=Cc2cccc(OC)c2)C3=O)CC1. The number of nitrogens with zero attached hydrogens (tertiary/aromatic N) is 2. The highest BCUT2D eigenvalue weighted by molar-refractivity contribution is 6.14. The maximum Gasteiger partial charge on any atom is 0.409 e. The van der Waals surface area contributed by atoms with Gasteiger partial charge in [-0.3, -0.25) is 9.59 Å². The van der Waals surface area contributed by atoms with Crippen LogP contribution < -0.4 is 14.2 Å². The van der Waals surface area contributed by atoms with Crippen LogP contribution in [-0.4, -0.2) is 74.1 Å². The fourth-order valence-corrected chi connectivity index (χ4v) is 3.73. The lowest BCUT2D eigenvalue weighted by atomic mass is 10.1. The van der Waals surface area contributed by atoms with E-state index in [2.05, 4.69) is 0 Å². The third kappa shape index (κ3) is 5.14. The number of ketones is 1. The number of carbonyl (C=O) groups is 3. The molecule has 9 nitrogen and oxygen atoms in total. The minimum atomic E-state index is -0.363. The average molecular weight is 466 g/mol. The molecule has 34 heavy (non-hydrogen) atoms. The van der Waals surface area contributed by atoms with E-state index in [9.17, 15) is 14.4 Å².